The van der Waals surface area contributed by atoms with E-state index in [9.17, 15) is 0 Å². The van der Waals surface area contributed by atoms with Crippen LogP contribution in [0.1, 0.15) is 21.4 Å². The van der Waals surface area contributed by atoms with E-state index in [-0.39, 0.29) is 0 Å². The van der Waals surface area contributed by atoms with Crippen LogP contribution < -0.4 is 11.3 Å². The van der Waals surface area contributed by atoms with E-state index < -0.39 is 0 Å². The van der Waals surface area contributed by atoms with Gasteiger partial charge in [-0.2, -0.15) is 0 Å². The molecule has 0 amide bonds. The second-order valence-electron chi connectivity index (χ2n) is 4.24. The molecule has 0 aliphatic carbocycles. The molecule has 0 aliphatic rings. The Bertz CT molecular complexity index is 731. The van der Waals surface area contributed by atoms with Crippen LogP contribution in [0.2, 0.25) is 0 Å². The van der Waals surface area contributed by atoms with Gasteiger partial charge < -0.3 is 5.43 Å². The molecule has 0 radical (unpaired) electrons. The molecule has 98 valence electrons. The van der Waals surface area contributed by atoms with Crippen LogP contribution in [-0.4, -0.2) is 15.0 Å². The van der Waals surface area contributed by atoms with Crippen LogP contribution in [-0.2, 0) is 6.42 Å². The van der Waals surface area contributed by atoms with Crippen molar-refractivity contribution in [1.29, 1.82) is 0 Å². The first-order chi connectivity index (χ1) is 9.15. The van der Waals surface area contributed by atoms with Crippen LogP contribution >= 0.6 is 22.7 Å². The molecule has 3 aromatic heterocycles. The number of nitrogens with one attached hydrogen (secondary N) is 1. The summed E-state index contributed by atoms with van der Waals surface area (Å²) in [5.74, 6) is 6.96. The van der Waals surface area contributed by atoms with Gasteiger partial charge >= 0.3 is 0 Å². The Morgan fingerprint density at radius 3 is 2.79 bits per heavy atom. The molecule has 0 saturated heterocycles. The Hall–Kier alpha value is -1.57. The number of rotatable bonds is 3. The minimum atomic E-state index is 0.631. The molecule has 3 heterocycles. The first-order valence-electron chi connectivity index (χ1n) is 5.80. The van der Waals surface area contributed by atoms with Gasteiger partial charge in [0, 0.05) is 10.3 Å². The third-order valence-electron chi connectivity index (χ3n) is 2.70. The highest BCUT2D eigenvalue weighted by Crippen LogP contribution is 2.28. The molecule has 0 bridgehead atoms. The predicted octanol–water partition coefficient (Wildman–Crippen LogP) is 2.64. The third kappa shape index (κ3) is 2.44. The van der Waals surface area contributed by atoms with Crippen molar-refractivity contribution in [3.05, 3.63) is 32.8 Å². The monoisotopic (exact) mass is 291 g/mol. The molecule has 0 fully saturated rings. The maximum absolute atomic E-state index is 5.54. The Kier molecular flexibility index (Phi) is 3.17. The van der Waals surface area contributed by atoms with Crippen LogP contribution in [0.25, 0.3) is 10.2 Å². The number of aromatic nitrogens is 3. The maximum atomic E-state index is 5.54. The van der Waals surface area contributed by atoms with Crippen molar-refractivity contribution >= 4 is 38.7 Å². The molecule has 7 heteroatoms. The quantitative estimate of drug-likeness (QED) is 0.573. The minimum Gasteiger partial charge on any atom is -0.308 e. The van der Waals surface area contributed by atoms with Crippen LogP contribution in [0.4, 0.5) is 5.82 Å². The van der Waals surface area contributed by atoms with Crippen molar-refractivity contribution in [2.45, 2.75) is 20.3 Å². The van der Waals surface area contributed by atoms with E-state index in [1.165, 1.54) is 4.88 Å². The molecule has 3 N–H and O–H groups in total. The number of anilines is 1. The highest BCUT2D eigenvalue weighted by molar-refractivity contribution is 7.18. The van der Waals surface area contributed by atoms with Crippen molar-refractivity contribution in [2.24, 2.45) is 5.84 Å². The fourth-order valence-electron chi connectivity index (χ4n) is 1.93. The normalized spacial score (nSPS) is 11.1. The largest absolute Gasteiger partial charge is 0.308 e. The summed E-state index contributed by atoms with van der Waals surface area (Å²) in [6, 6.07) is 2.05. The summed E-state index contributed by atoms with van der Waals surface area (Å²) in [6.45, 7) is 4.05. The lowest BCUT2D eigenvalue weighted by Crippen LogP contribution is -2.11. The average Bonchev–Trinajstić information content (AvgIpc) is 2.93. The summed E-state index contributed by atoms with van der Waals surface area (Å²) in [7, 11) is 0. The van der Waals surface area contributed by atoms with Crippen molar-refractivity contribution in [1.82, 2.24) is 15.0 Å². The minimum absolute atomic E-state index is 0.631. The fraction of sp³-hybridized carbons (Fsp3) is 0.250. The van der Waals surface area contributed by atoms with E-state index in [0.29, 0.717) is 12.2 Å². The average molecular weight is 291 g/mol. The van der Waals surface area contributed by atoms with Crippen LogP contribution in [0.3, 0.4) is 0 Å². The molecular formula is C12H13N5S2. The van der Waals surface area contributed by atoms with E-state index in [0.717, 1.165) is 26.7 Å². The smallest absolute Gasteiger partial charge is 0.152 e. The molecule has 0 unspecified atom stereocenters. The standard InChI is InChI=1S/C12H13N5S2/c1-6-3-9-11(17-13)15-10(16-12(9)19-6)4-8-5-18-7(2)14-8/h3,5H,4,13H2,1-2H3,(H,15,16,17). The van der Waals surface area contributed by atoms with Gasteiger partial charge in [0.05, 0.1) is 22.5 Å². The number of fused-ring (bicyclic) bond motifs is 1. The van der Waals surface area contributed by atoms with Gasteiger partial charge in [-0.05, 0) is 19.9 Å². The van der Waals surface area contributed by atoms with Crippen LogP contribution in [0.5, 0.6) is 0 Å². The molecule has 19 heavy (non-hydrogen) atoms. The number of hydrogen-bond acceptors (Lipinski definition) is 7. The first kappa shape index (κ1) is 12.5. The number of nitrogens with two attached hydrogens (primary N) is 1. The summed E-state index contributed by atoms with van der Waals surface area (Å²) in [5.41, 5.74) is 3.65. The van der Waals surface area contributed by atoms with Gasteiger partial charge in [-0.15, -0.1) is 22.7 Å². The number of thiazole rings is 1. The number of aryl methyl sites for hydroxylation is 2. The molecule has 0 aliphatic heterocycles. The number of nitrogens with zero attached hydrogens (tertiary/aromatic N) is 3. The summed E-state index contributed by atoms with van der Waals surface area (Å²) < 4.78 is 0. The Balaban J connectivity index is 2.03. The summed E-state index contributed by atoms with van der Waals surface area (Å²) >= 11 is 3.28. The number of hydrazine groups is 1. The number of thiophene rings is 1. The van der Waals surface area contributed by atoms with Crippen molar-refractivity contribution in [3.63, 3.8) is 0 Å². The van der Waals surface area contributed by atoms with Crippen LogP contribution in [0.15, 0.2) is 11.4 Å². The molecule has 0 atom stereocenters. The molecule has 0 aromatic carbocycles. The summed E-state index contributed by atoms with van der Waals surface area (Å²) in [6.07, 6.45) is 0.631. The highest BCUT2D eigenvalue weighted by Gasteiger charge is 2.11. The molecule has 0 spiro atoms. The van der Waals surface area contributed by atoms with E-state index in [1.54, 1.807) is 22.7 Å². The maximum Gasteiger partial charge on any atom is 0.152 e. The molecule has 5 nitrogen and oxygen atoms in total. The number of nitrogen functional groups attached to an aromatic ring is 1. The predicted molar refractivity (Wildman–Crippen MR) is 79.6 cm³/mol. The van der Waals surface area contributed by atoms with Gasteiger partial charge in [-0.3, -0.25) is 0 Å². The second-order valence-corrected chi connectivity index (χ2v) is 6.54. The number of hydrogen-bond donors (Lipinski definition) is 2. The molecule has 3 rings (SSSR count). The van der Waals surface area contributed by atoms with Gasteiger partial charge in [-0.25, -0.2) is 20.8 Å². The Morgan fingerprint density at radius 1 is 1.26 bits per heavy atom. The van der Waals surface area contributed by atoms with E-state index in [2.05, 4.69) is 27.3 Å². The first-order valence-corrected chi connectivity index (χ1v) is 7.50. The zero-order valence-electron chi connectivity index (χ0n) is 10.6. The van der Waals surface area contributed by atoms with Gasteiger partial charge in [0.25, 0.3) is 0 Å². The summed E-state index contributed by atoms with van der Waals surface area (Å²) in [4.78, 5) is 15.6. The topological polar surface area (TPSA) is 76.7 Å². The van der Waals surface area contributed by atoms with Crippen molar-refractivity contribution in [2.75, 3.05) is 5.43 Å². The Labute approximate surface area is 118 Å². The zero-order chi connectivity index (χ0) is 13.4. The van der Waals surface area contributed by atoms with Crippen molar-refractivity contribution < 1.29 is 0 Å². The SMILES string of the molecule is Cc1cc2c(NN)nc(Cc3csc(C)n3)nc2s1. The zero-order valence-corrected chi connectivity index (χ0v) is 12.2. The third-order valence-corrected chi connectivity index (χ3v) is 4.47. The van der Waals surface area contributed by atoms with E-state index in [1.807, 2.05) is 18.4 Å². The molecular weight excluding hydrogens is 278 g/mol. The van der Waals surface area contributed by atoms with Gasteiger partial charge in [0.1, 0.15) is 10.7 Å². The van der Waals surface area contributed by atoms with Gasteiger partial charge in [0.2, 0.25) is 0 Å². The lowest BCUT2D eigenvalue weighted by molar-refractivity contribution is 0.960. The lowest BCUT2D eigenvalue weighted by Gasteiger charge is -2.03. The van der Waals surface area contributed by atoms with Crippen LogP contribution in [0, 0.1) is 13.8 Å². The van der Waals surface area contributed by atoms with E-state index >= 15 is 0 Å². The van der Waals surface area contributed by atoms with E-state index in [4.69, 9.17) is 5.84 Å². The van der Waals surface area contributed by atoms with Gasteiger partial charge in [-0.1, -0.05) is 0 Å². The fourth-order valence-corrected chi connectivity index (χ4v) is 3.44. The molecule has 0 saturated carbocycles. The van der Waals surface area contributed by atoms with Gasteiger partial charge in [0.15, 0.2) is 5.82 Å². The summed E-state index contributed by atoms with van der Waals surface area (Å²) in [5, 5.41) is 4.07. The lowest BCUT2D eigenvalue weighted by atomic mass is 10.3. The highest BCUT2D eigenvalue weighted by atomic mass is 32.1. The second kappa shape index (κ2) is 4.84. The van der Waals surface area contributed by atoms with Crippen molar-refractivity contribution in [3.8, 4) is 0 Å². The Morgan fingerprint density at radius 2 is 2.11 bits per heavy atom. The molecule has 3 aromatic rings.